The van der Waals surface area contributed by atoms with Gasteiger partial charge in [-0.05, 0) is 36.8 Å². The lowest BCUT2D eigenvalue weighted by Gasteiger charge is -2.15. The van der Waals surface area contributed by atoms with E-state index >= 15 is 0 Å². The van der Waals surface area contributed by atoms with Gasteiger partial charge in [0.1, 0.15) is 0 Å². The Kier molecular flexibility index (Phi) is 6.60. The monoisotopic (exact) mass is 368 g/mol. The Morgan fingerprint density at radius 1 is 1.11 bits per heavy atom. The molecule has 0 radical (unpaired) electrons. The van der Waals surface area contributed by atoms with Crippen molar-refractivity contribution in [2.75, 3.05) is 33.6 Å². The minimum Gasteiger partial charge on any atom is -0.493 e. The van der Waals surface area contributed by atoms with Crippen LogP contribution in [0.1, 0.15) is 26.3 Å². The molecule has 0 fully saturated rings. The van der Waals surface area contributed by atoms with E-state index in [2.05, 4.69) is 11.9 Å². The molecule has 1 N–H and O–H groups in total. The van der Waals surface area contributed by atoms with E-state index in [-0.39, 0.29) is 11.8 Å². The summed E-state index contributed by atoms with van der Waals surface area (Å²) in [5.74, 6) is 0.604. The van der Waals surface area contributed by atoms with E-state index in [0.29, 0.717) is 34.7 Å². The largest absolute Gasteiger partial charge is 0.493 e. The molecule has 0 saturated heterocycles. The molecule has 2 aromatic carbocycles. The summed E-state index contributed by atoms with van der Waals surface area (Å²) in [6.07, 6.45) is 2.27. The Morgan fingerprint density at radius 2 is 1.85 bits per heavy atom. The number of methoxy groups -OCH3 is 2. The van der Waals surface area contributed by atoms with Gasteiger partial charge in [-0.25, -0.2) is 0 Å². The zero-order valence-electron chi connectivity index (χ0n) is 16.0. The fraction of sp³-hybridized carbons (Fsp3) is 0.238. The minimum atomic E-state index is -0.310. The average molecular weight is 368 g/mol. The predicted octanol–water partition coefficient (Wildman–Crippen LogP) is 3.39. The van der Waals surface area contributed by atoms with Gasteiger partial charge in [0.05, 0.1) is 14.2 Å². The average Bonchev–Trinajstić information content (AvgIpc) is 2.66. The highest BCUT2D eigenvalue weighted by Gasteiger charge is 2.16. The number of benzene rings is 2. The van der Waals surface area contributed by atoms with Gasteiger partial charge in [0.25, 0.3) is 11.8 Å². The van der Waals surface area contributed by atoms with E-state index in [1.807, 2.05) is 0 Å². The van der Waals surface area contributed by atoms with Gasteiger partial charge >= 0.3 is 0 Å². The van der Waals surface area contributed by atoms with Crippen molar-refractivity contribution in [2.24, 2.45) is 0 Å². The first-order valence-corrected chi connectivity index (χ1v) is 8.40. The number of rotatable bonds is 7. The van der Waals surface area contributed by atoms with E-state index in [1.165, 1.54) is 12.0 Å². The number of nitrogens with zero attached hydrogens (tertiary/aromatic N) is 1. The molecule has 0 aromatic heterocycles. The highest BCUT2D eigenvalue weighted by molar-refractivity contribution is 6.05. The van der Waals surface area contributed by atoms with Crippen molar-refractivity contribution in [2.45, 2.75) is 6.42 Å². The van der Waals surface area contributed by atoms with Crippen LogP contribution in [-0.4, -0.2) is 45.0 Å². The Hall–Kier alpha value is -3.28. The summed E-state index contributed by atoms with van der Waals surface area (Å²) in [4.78, 5) is 26.3. The summed E-state index contributed by atoms with van der Waals surface area (Å²) >= 11 is 0. The third kappa shape index (κ3) is 4.67. The molecule has 0 atom stereocenters. The summed E-state index contributed by atoms with van der Waals surface area (Å²) in [5.41, 5.74) is 2.26. The number of carbonyl (C=O) groups excluding carboxylic acids is 2. The molecule has 27 heavy (non-hydrogen) atoms. The van der Waals surface area contributed by atoms with Gasteiger partial charge in [-0.2, -0.15) is 0 Å². The number of allylic oxidation sites excluding steroid dienone is 1. The van der Waals surface area contributed by atoms with Gasteiger partial charge in [0, 0.05) is 36.5 Å². The predicted molar refractivity (Wildman–Crippen MR) is 106 cm³/mol. The second-order valence-electron chi connectivity index (χ2n) is 6.10. The van der Waals surface area contributed by atoms with E-state index in [1.54, 1.807) is 63.7 Å². The van der Waals surface area contributed by atoms with Crippen molar-refractivity contribution in [3.8, 4) is 11.5 Å². The van der Waals surface area contributed by atoms with Crippen LogP contribution in [0.4, 0.5) is 5.69 Å². The zero-order chi connectivity index (χ0) is 20.0. The van der Waals surface area contributed by atoms with Gasteiger partial charge < -0.3 is 19.7 Å². The molecule has 0 unspecified atom stereocenters. The minimum absolute atomic E-state index is 0.134. The van der Waals surface area contributed by atoms with Crippen LogP contribution in [0.25, 0.3) is 0 Å². The molecule has 0 bridgehead atoms. The summed E-state index contributed by atoms with van der Waals surface area (Å²) in [6, 6.07) is 10.2. The quantitative estimate of drug-likeness (QED) is 0.761. The summed E-state index contributed by atoms with van der Waals surface area (Å²) < 4.78 is 10.7. The van der Waals surface area contributed by atoms with Crippen LogP contribution in [0, 0.1) is 0 Å². The lowest BCUT2D eigenvalue weighted by atomic mass is 10.0. The van der Waals surface area contributed by atoms with Crippen LogP contribution in [0.15, 0.2) is 49.1 Å². The molecule has 2 amide bonds. The highest BCUT2D eigenvalue weighted by atomic mass is 16.5. The molecule has 0 aliphatic rings. The molecule has 142 valence electrons. The molecule has 2 aromatic rings. The topological polar surface area (TPSA) is 67.9 Å². The molecule has 0 spiro atoms. The number of carbonyl (C=O) groups is 2. The number of amides is 2. The van der Waals surface area contributed by atoms with Crippen molar-refractivity contribution in [3.63, 3.8) is 0 Å². The van der Waals surface area contributed by atoms with Crippen molar-refractivity contribution in [3.05, 3.63) is 65.7 Å². The van der Waals surface area contributed by atoms with E-state index < -0.39 is 0 Å². The fourth-order valence-corrected chi connectivity index (χ4v) is 2.67. The lowest BCUT2D eigenvalue weighted by molar-refractivity contribution is 0.0827. The summed E-state index contributed by atoms with van der Waals surface area (Å²) in [7, 11) is 6.43. The molecule has 0 saturated carbocycles. The normalized spacial score (nSPS) is 10.1. The molecule has 6 heteroatoms. The highest BCUT2D eigenvalue weighted by Crippen LogP contribution is 2.33. The van der Waals surface area contributed by atoms with Crippen molar-refractivity contribution < 1.29 is 19.1 Å². The Labute approximate surface area is 159 Å². The Balaban J connectivity index is 2.33. The van der Waals surface area contributed by atoms with Gasteiger partial charge in [-0.1, -0.05) is 12.1 Å². The lowest BCUT2D eigenvalue weighted by Crippen LogP contribution is -2.22. The number of hydrogen-bond acceptors (Lipinski definition) is 4. The third-order valence-corrected chi connectivity index (χ3v) is 3.96. The molecule has 0 aliphatic heterocycles. The van der Waals surface area contributed by atoms with E-state index in [9.17, 15) is 9.59 Å². The van der Waals surface area contributed by atoms with Crippen molar-refractivity contribution in [1.29, 1.82) is 0 Å². The maximum atomic E-state index is 12.7. The SMILES string of the molecule is C=CCc1cc(C(=O)Nc2cccc(C(=O)N(C)C)c2)cc(OC)c1OC. The number of hydrogen-bond donors (Lipinski definition) is 1. The Bertz CT molecular complexity index is 859. The summed E-state index contributed by atoms with van der Waals surface area (Å²) in [6.45, 7) is 3.74. The number of anilines is 1. The number of ether oxygens (including phenoxy) is 2. The maximum absolute atomic E-state index is 12.7. The van der Waals surface area contributed by atoms with Gasteiger partial charge in [-0.3, -0.25) is 9.59 Å². The van der Waals surface area contributed by atoms with E-state index in [0.717, 1.165) is 5.56 Å². The van der Waals surface area contributed by atoms with Gasteiger partial charge in [0.15, 0.2) is 11.5 Å². The maximum Gasteiger partial charge on any atom is 0.255 e. The second-order valence-corrected chi connectivity index (χ2v) is 6.10. The van der Waals surface area contributed by atoms with Crippen LogP contribution in [0.3, 0.4) is 0 Å². The number of nitrogens with one attached hydrogen (secondary N) is 1. The second kappa shape index (κ2) is 8.89. The fourth-order valence-electron chi connectivity index (χ4n) is 2.67. The first-order valence-electron chi connectivity index (χ1n) is 8.40. The zero-order valence-corrected chi connectivity index (χ0v) is 16.0. The van der Waals surface area contributed by atoms with Crippen LogP contribution in [0.5, 0.6) is 11.5 Å². The first kappa shape index (κ1) is 20.0. The van der Waals surface area contributed by atoms with E-state index in [4.69, 9.17) is 9.47 Å². The van der Waals surface area contributed by atoms with Crippen LogP contribution < -0.4 is 14.8 Å². The molecule has 0 heterocycles. The van der Waals surface area contributed by atoms with Gasteiger partial charge in [-0.15, -0.1) is 6.58 Å². The molecule has 2 rings (SSSR count). The molecule has 6 nitrogen and oxygen atoms in total. The molecular weight excluding hydrogens is 344 g/mol. The standard InChI is InChI=1S/C21H24N2O4/c1-6-8-14-11-16(13-18(26-4)19(14)27-5)20(24)22-17-10-7-9-15(12-17)21(25)23(2)3/h6-7,9-13H,1,8H2,2-5H3,(H,22,24). The first-order chi connectivity index (χ1) is 12.9. The van der Waals surface area contributed by atoms with Crippen LogP contribution in [0.2, 0.25) is 0 Å². The van der Waals surface area contributed by atoms with Crippen LogP contribution >= 0.6 is 0 Å². The third-order valence-electron chi connectivity index (χ3n) is 3.96. The molecule has 0 aliphatic carbocycles. The van der Waals surface area contributed by atoms with Crippen molar-refractivity contribution >= 4 is 17.5 Å². The van der Waals surface area contributed by atoms with Crippen molar-refractivity contribution in [1.82, 2.24) is 4.90 Å². The summed E-state index contributed by atoms with van der Waals surface area (Å²) in [5, 5.41) is 2.82. The smallest absolute Gasteiger partial charge is 0.255 e. The molecular formula is C21H24N2O4. The Morgan fingerprint density at radius 3 is 2.44 bits per heavy atom. The van der Waals surface area contributed by atoms with Crippen LogP contribution in [-0.2, 0) is 6.42 Å². The van der Waals surface area contributed by atoms with Gasteiger partial charge in [0.2, 0.25) is 0 Å².